The predicted octanol–water partition coefficient (Wildman–Crippen LogP) is 4.96. The number of anilines is 4. The van der Waals surface area contributed by atoms with E-state index in [1.54, 1.807) is 20.4 Å². The number of aromatic nitrogens is 2. The van der Waals surface area contributed by atoms with E-state index in [4.69, 9.17) is 21.1 Å². The van der Waals surface area contributed by atoms with E-state index in [1.165, 1.54) is 6.20 Å². The average Bonchev–Trinajstić information content (AvgIpc) is 3.21. The Morgan fingerprint density at radius 1 is 1.15 bits per heavy atom. The van der Waals surface area contributed by atoms with Crippen molar-refractivity contribution >= 4 is 47.2 Å². The van der Waals surface area contributed by atoms with Gasteiger partial charge >= 0.3 is 0 Å². The lowest BCUT2D eigenvalue weighted by Crippen LogP contribution is -2.21. The molecule has 4 rings (SSSR count). The van der Waals surface area contributed by atoms with Crippen molar-refractivity contribution in [2.45, 2.75) is 12.5 Å². The van der Waals surface area contributed by atoms with Crippen molar-refractivity contribution in [1.29, 1.82) is 0 Å². The molecule has 0 aliphatic carbocycles. The highest BCUT2D eigenvalue weighted by Gasteiger charge is 2.21. The monoisotopic (exact) mass is 501 g/mol. The van der Waals surface area contributed by atoms with E-state index in [1.807, 2.05) is 42.5 Å². The number of nitrogens with zero attached hydrogens (tertiary/aromatic N) is 3. The summed E-state index contributed by atoms with van der Waals surface area (Å²) in [7, 11) is 1.20. The molecule has 0 saturated carbocycles. The molecule has 1 aliphatic heterocycles. The number of para-hydroxylation sites is 1. The third-order valence-corrected chi connectivity index (χ3v) is 7.38. The van der Waals surface area contributed by atoms with E-state index in [0.29, 0.717) is 33.9 Å². The molecule has 2 N–H and O–H groups in total. The topological polar surface area (TPSA) is 88.6 Å². The Morgan fingerprint density at radius 3 is 2.65 bits per heavy atom. The van der Waals surface area contributed by atoms with Crippen molar-refractivity contribution in [2.75, 3.05) is 51.2 Å². The molecule has 0 bridgehead atoms. The second-order valence-electron chi connectivity index (χ2n) is 8.66. The van der Waals surface area contributed by atoms with Gasteiger partial charge in [0.25, 0.3) is 0 Å². The van der Waals surface area contributed by atoms with Gasteiger partial charge in [0.05, 0.1) is 24.7 Å². The van der Waals surface area contributed by atoms with Crippen LogP contribution >= 0.6 is 18.7 Å². The van der Waals surface area contributed by atoms with E-state index in [9.17, 15) is 4.57 Å². The van der Waals surface area contributed by atoms with Crippen LogP contribution in [0.25, 0.3) is 0 Å². The maximum absolute atomic E-state index is 12.7. The number of methoxy groups -OCH3 is 1. The highest BCUT2D eigenvalue weighted by molar-refractivity contribution is 7.70. The van der Waals surface area contributed by atoms with Crippen molar-refractivity contribution in [2.24, 2.45) is 0 Å². The Balaban J connectivity index is 1.54. The molecule has 34 heavy (non-hydrogen) atoms. The van der Waals surface area contributed by atoms with Gasteiger partial charge in [0.2, 0.25) is 5.95 Å². The van der Waals surface area contributed by atoms with Gasteiger partial charge in [0, 0.05) is 24.5 Å². The number of nitrogens with one attached hydrogen (secondary N) is 2. The van der Waals surface area contributed by atoms with E-state index >= 15 is 0 Å². The Hall–Kier alpha value is -2.80. The van der Waals surface area contributed by atoms with Gasteiger partial charge in [0.15, 0.2) is 5.82 Å². The second-order valence-corrected chi connectivity index (χ2v) is 12.3. The number of ether oxygens (including phenoxy) is 2. The van der Waals surface area contributed by atoms with Crippen LogP contribution < -0.4 is 25.4 Å². The first-order valence-corrected chi connectivity index (χ1v) is 14.0. The van der Waals surface area contributed by atoms with E-state index in [0.717, 1.165) is 30.6 Å². The summed E-state index contributed by atoms with van der Waals surface area (Å²) < 4.78 is 24.4. The van der Waals surface area contributed by atoms with Gasteiger partial charge in [-0.05, 0) is 51.1 Å². The van der Waals surface area contributed by atoms with Crippen LogP contribution in [-0.4, -0.2) is 61.5 Å². The SMILES string of the molecule is COc1cc(OC2CCN(C)C2)ccc1Nc1ncc(Cl)c(Nc2ccccc2P(C)(C)=O)n1. The quantitative estimate of drug-likeness (QED) is 0.419. The number of benzene rings is 2. The third-order valence-electron chi connectivity index (χ3n) is 5.55. The normalized spacial score (nSPS) is 16.3. The summed E-state index contributed by atoms with van der Waals surface area (Å²) in [6.07, 6.45) is 2.69. The summed E-state index contributed by atoms with van der Waals surface area (Å²) in [6, 6.07) is 13.0. The molecule has 8 nitrogen and oxygen atoms in total. The Labute approximate surface area is 205 Å². The first kappa shape index (κ1) is 24.3. The third kappa shape index (κ3) is 5.81. The van der Waals surface area contributed by atoms with Crippen molar-refractivity contribution in [1.82, 2.24) is 14.9 Å². The van der Waals surface area contributed by atoms with Crippen LogP contribution in [0.15, 0.2) is 48.7 Å². The minimum atomic E-state index is -2.50. The zero-order chi connectivity index (χ0) is 24.3. The van der Waals surface area contributed by atoms with Crippen LogP contribution in [0.2, 0.25) is 5.02 Å². The molecule has 2 heterocycles. The molecule has 1 atom stereocenters. The Morgan fingerprint density at radius 2 is 1.94 bits per heavy atom. The highest BCUT2D eigenvalue weighted by atomic mass is 35.5. The maximum Gasteiger partial charge on any atom is 0.229 e. The molecular weight excluding hydrogens is 473 g/mol. The van der Waals surface area contributed by atoms with Crippen molar-refractivity contribution < 1.29 is 14.0 Å². The predicted molar refractivity (Wildman–Crippen MR) is 139 cm³/mol. The number of rotatable bonds is 8. The molecule has 1 aliphatic rings. The molecular formula is C24H29ClN5O3P. The summed E-state index contributed by atoms with van der Waals surface area (Å²) in [5, 5.41) is 7.46. The van der Waals surface area contributed by atoms with Crippen molar-refractivity contribution in [3.8, 4) is 11.5 Å². The molecule has 1 saturated heterocycles. The molecule has 0 amide bonds. The van der Waals surface area contributed by atoms with Crippen LogP contribution in [0.3, 0.4) is 0 Å². The lowest BCUT2D eigenvalue weighted by atomic mass is 10.2. The fourth-order valence-corrected chi connectivity index (χ4v) is 5.14. The maximum atomic E-state index is 12.7. The van der Waals surface area contributed by atoms with Gasteiger partial charge in [-0.25, -0.2) is 4.98 Å². The minimum Gasteiger partial charge on any atom is -0.494 e. The summed E-state index contributed by atoms with van der Waals surface area (Å²) in [6.45, 7) is 5.40. The largest absolute Gasteiger partial charge is 0.494 e. The van der Waals surface area contributed by atoms with E-state index in [-0.39, 0.29) is 6.10 Å². The number of likely N-dealkylation sites (N-methyl/N-ethyl adjacent to an activating group) is 1. The van der Waals surface area contributed by atoms with E-state index in [2.05, 4.69) is 32.5 Å². The molecule has 0 spiro atoms. The fraction of sp³-hybridized carbons (Fsp3) is 0.333. The molecule has 1 fully saturated rings. The second kappa shape index (κ2) is 10.2. The molecule has 0 radical (unpaired) electrons. The van der Waals surface area contributed by atoms with Crippen molar-refractivity contribution in [3.05, 3.63) is 53.7 Å². The molecule has 2 aromatic carbocycles. The van der Waals surface area contributed by atoms with Gasteiger partial charge in [-0.3, -0.25) is 0 Å². The number of hydrogen-bond donors (Lipinski definition) is 2. The molecule has 1 unspecified atom stereocenters. The smallest absolute Gasteiger partial charge is 0.229 e. The summed E-state index contributed by atoms with van der Waals surface area (Å²) in [4.78, 5) is 11.1. The van der Waals surface area contributed by atoms with Gasteiger partial charge < -0.3 is 29.6 Å². The van der Waals surface area contributed by atoms with Crippen LogP contribution in [0.1, 0.15) is 6.42 Å². The first-order chi connectivity index (χ1) is 16.2. The Bertz CT molecular complexity index is 1220. The first-order valence-electron chi connectivity index (χ1n) is 11.0. The van der Waals surface area contributed by atoms with Gasteiger partial charge in [0.1, 0.15) is 29.8 Å². The van der Waals surface area contributed by atoms with Crippen molar-refractivity contribution in [3.63, 3.8) is 0 Å². The van der Waals surface area contributed by atoms with Gasteiger partial charge in [-0.2, -0.15) is 4.98 Å². The van der Waals surface area contributed by atoms with Crippen LogP contribution in [0.5, 0.6) is 11.5 Å². The lowest BCUT2D eigenvalue weighted by molar-refractivity contribution is 0.207. The summed E-state index contributed by atoms with van der Waals surface area (Å²) >= 11 is 6.36. The number of halogens is 1. The van der Waals surface area contributed by atoms with Crippen LogP contribution in [0, 0.1) is 0 Å². The molecule has 180 valence electrons. The Kier molecular flexibility index (Phi) is 7.31. The molecule has 1 aromatic heterocycles. The van der Waals surface area contributed by atoms with Crippen LogP contribution in [0.4, 0.5) is 23.1 Å². The minimum absolute atomic E-state index is 0.172. The zero-order valence-electron chi connectivity index (χ0n) is 19.7. The summed E-state index contributed by atoms with van der Waals surface area (Å²) in [5.41, 5.74) is 1.39. The molecule has 10 heteroatoms. The average molecular weight is 502 g/mol. The zero-order valence-corrected chi connectivity index (χ0v) is 21.4. The van der Waals surface area contributed by atoms with E-state index < -0.39 is 7.14 Å². The number of hydrogen-bond acceptors (Lipinski definition) is 8. The lowest BCUT2D eigenvalue weighted by Gasteiger charge is -2.17. The standard InChI is InChI=1S/C24H29ClN5O3P/c1-30-12-11-17(15-30)33-16-9-10-19(21(13-16)32-2)28-24-26-14-18(25)23(29-24)27-20-7-5-6-8-22(20)34(3,4)31/h5-10,13-14,17H,11-12,15H2,1-4H3,(H2,26,27,28,29). The molecule has 3 aromatic rings. The van der Waals surface area contributed by atoms with Gasteiger partial charge in [-0.1, -0.05) is 23.7 Å². The number of likely N-dealkylation sites (tertiary alicyclic amines) is 1. The van der Waals surface area contributed by atoms with Gasteiger partial charge in [-0.15, -0.1) is 0 Å². The fourth-order valence-electron chi connectivity index (χ4n) is 3.84. The summed E-state index contributed by atoms with van der Waals surface area (Å²) in [5.74, 6) is 2.11. The van der Waals surface area contributed by atoms with Crippen LogP contribution in [-0.2, 0) is 4.57 Å². The highest BCUT2D eigenvalue weighted by Crippen LogP contribution is 2.39.